The highest BCUT2D eigenvalue weighted by molar-refractivity contribution is 5.94. The molecular formula is C31H39N7. The Bertz CT molecular complexity index is 1430. The maximum absolute atomic E-state index is 4.72. The van der Waals surface area contributed by atoms with Gasteiger partial charge in [0.25, 0.3) is 0 Å². The SMILES string of the molecule is C=C1CC(C)(C)Cc2cc(-c3c[nH]c4nc(Nc5ccc(N6CCN(C)CC6)nc5)ncc34)ccc21.CC. The number of aromatic amines is 1. The van der Waals surface area contributed by atoms with Crippen LogP contribution in [0.3, 0.4) is 0 Å². The Balaban J connectivity index is 0.00000144. The van der Waals surface area contributed by atoms with Crippen molar-refractivity contribution in [1.82, 2.24) is 24.8 Å². The molecule has 7 heteroatoms. The van der Waals surface area contributed by atoms with Gasteiger partial charge in [0, 0.05) is 49.5 Å². The fraction of sp³-hybridized carbons (Fsp3) is 0.387. The van der Waals surface area contributed by atoms with E-state index in [1.54, 1.807) is 0 Å². The number of anilines is 3. The lowest BCUT2D eigenvalue weighted by molar-refractivity contribution is 0.312. The second-order valence-corrected chi connectivity index (χ2v) is 11.0. The predicted molar refractivity (Wildman–Crippen MR) is 159 cm³/mol. The minimum atomic E-state index is 0.240. The van der Waals surface area contributed by atoms with E-state index < -0.39 is 0 Å². The molecule has 1 fully saturated rings. The average molecular weight is 510 g/mol. The van der Waals surface area contributed by atoms with Gasteiger partial charge in [0.1, 0.15) is 11.5 Å². The first kappa shape index (κ1) is 25.9. The Hall–Kier alpha value is -3.71. The van der Waals surface area contributed by atoms with Gasteiger partial charge in [-0.05, 0) is 59.7 Å². The van der Waals surface area contributed by atoms with Gasteiger partial charge in [-0.1, -0.05) is 52.5 Å². The van der Waals surface area contributed by atoms with Gasteiger partial charge in [0.15, 0.2) is 0 Å². The normalized spacial score (nSPS) is 17.1. The fourth-order valence-corrected chi connectivity index (χ4v) is 5.52. The van der Waals surface area contributed by atoms with Crippen molar-refractivity contribution in [2.75, 3.05) is 43.4 Å². The number of pyridine rings is 1. The van der Waals surface area contributed by atoms with Crippen molar-refractivity contribution in [3.05, 3.63) is 66.6 Å². The topological polar surface area (TPSA) is 73.0 Å². The van der Waals surface area contributed by atoms with Crippen LogP contribution >= 0.6 is 0 Å². The molecule has 0 atom stereocenters. The first-order valence-corrected chi connectivity index (χ1v) is 13.7. The van der Waals surface area contributed by atoms with E-state index >= 15 is 0 Å². The number of nitrogens with zero attached hydrogens (tertiary/aromatic N) is 5. The molecule has 6 rings (SSSR count). The molecule has 4 heterocycles. The number of aromatic nitrogens is 4. The average Bonchev–Trinajstić information content (AvgIpc) is 3.33. The molecule has 198 valence electrons. The van der Waals surface area contributed by atoms with E-state index in [1.165, 1.54) is 22.3 Å². The van der Waals surface area contributed by atoms with E-state index in [2.05, 4.69) is 81.8 Å². The van der Waals surface area contributed by atoms with Crippen molar-refractivity contribution >= 4 is 34.1 Å². The zero-order valence-electron chi connectivity index (χ0n) is 23.3. The molecule has 1 aromatic carbocycles. The van der Waals surface area contributed by atoms with E-state index in [9.17, 15) is 0 Å². The van der Waals surface area contributed by atoms with Crippen LogP contribution in [0.25, 0.3) is 27.7 Å². The number of benzene rings is 1. The maximum Gasteiger partial charge on any atom is 0.229 e. The standard InChI is InChI=1S/C29H33N7.C2H6/c1-19-14-29(2,3)15-21-13-20(5-7-23(19)21)24-17-31-27-25(24)18-32-28(34-27)33-22-6-8-26(30-16-22)36-11-9-35(4)10-12-36;1-2/h5-8,13,16-18H,1,9-12,14-15H2,2-4H3,(H2,31,32,33,34);1-2H3. The summed E-state index contributed by atoms with van der Waals surface area (Å²) in [6, 6.07) is 10.8. The van der Waals surface area contributed by atoms with E-state index in [0.29, 0.717) is 5.95 Å². The van der Waals surface area contributed by atoms with Crippen LogP contribution < -0.4 is 10.2 Å². The Labute approximate surface area is 226 Å². The molecule has 7 nitrogen and oxygen atoms in total. The van der Waals surface area contributed by atoms with Crippen LogP contribution in [0.5, 0.6) is 0 Å². The molecule has 0 saturated carbocycles. The molecule has 0 amide bonds. The largest absolute Gasteiger partial charge is 0.354 e. The predicted octanol–water partition coefficient (Wildman–Crippen LogP) is 6.53. The third kappa shape index (κ3) is 5.29. The van der Waals surface area contributed by atoms with Crippen LogP contribution in [0.4, 0.5) is 17.5 Å². The van der Waals surface area contributed by atoms with Gasteiger partial charge >= 0.3 is 0 Å². The smallest absolute Gasteiger partial charge is 0.229 e. The number of hydrogen-bond acceptors (Lipinski definition) is 6. The van der Waals surface area contributed by atoms with Crippen molar-refractivity contribution in [2.45, 2.75) is 40.5 Å². The van der Waals surface area contributed by atoms with Crippen molar-refractivity contribution in [2.24, 2.45) is 5.41 Å². The first-order chi connectivity index (χ1) is 18.3. The minimum Gasteiger partial charge on any atom is -0.354 e. The fourth-order valence-electron chi connectivity index (χ4n) is 5.52. The van der Waals surface area contributed by atoms with Gasteiger partial charge in [-0.15, -0.1) is 0 Å². The summed E-state index contributed by atoms with van der Waals surface area (Å²) in [6.07, 6.45) is 7.88. The van der Waals surface area contributed by atoms with Crippen molar-refractivity contribution in [1.29, 1.82) is 0 Å². The highest BCUT2D eigenvalue weighted by Gasteiger charge is 2.28. The lowest BCUT2D eigenvalue weighted by atomic mass is 9.72. The van der Waals surface area contributed by atoms with Gasteiger partial charge in [0.05, 0.1) is 11.9 Å². The first-order valence-electron chi connectivity index (χ1n) is 13.7. The number of piperazine rings is 1. The summed E-state index contributed by atoms with van der Waals surface area (Å²) >= 11 is 0. The van der Waals surface area contributed by atoms with Gasteiger partial charge < -0.3 is 20.1 Å². The van der Waals surface area contributed by atoms with Crippen LogP contribution in [0.1, 0.15) is 45.2 Å². The summed E-state index contributed by atoms with van der Waals surface area (Å²) in [5, 5.41) is 4.31. The van der Waals surface area contributed by atoms with Crippen LogP contribution in [0.2, 0.25) is 0 Å². The second kappa shape index (κ2) is 10.6. The molecular weight excluding hydrogens is 470 g/mol. The summed E-state index contributed by atoms with van der Waals surface area (Å²) in [4.78, 5) is 22.0. The Morgan fingerprint density at radius 1 is 0.947 bits per heavy atom. The molecule has 0 spiro atoms. The van der Waals surface area contributed by atoms with Gasteiger partial charge in [0.2, 0.25) is 5.95 Å². The van der Waals surface area contributed by atoms with Crippen molar-refractivity contribution < 1.29 is 0 Å². The summed E-state index contributed by atoms with van der Waals surface area (Å²) < 4.78 is 0. The number of fused-ring (bicyclic) bond motifs is 2. The number of rotatable bonds is 4. The molecule has 4 aromatic rings. The van der Waals surface area contributed by atoms with Crippen LogP contribution in [0.15, 0.2) is 55.5 Å². The van der Waals surface area contributed by atoms with E-state index in [-0.39, 0.29) is 5.41 Å². The molecule has 0 radical (unpaired) electrons. The molecule has 3 aromatic heterocycles. The zero-order chi connectivity index (χ0) is 26.9. The molecule has 1 aliphatic heterocycles. The molecule has 2 N–H and O–H groups in total. The van der Waals surface area contributed by atoms with Crippen molar-refractivity contribution in [3.8, 4) is 11.1 Å². The number of hydrogen-bond donors (Lipinski definition) is 2. The lowest BCUT2D eigenvalue weighted by Gasteiger charge is -2.33. The molecule has 0 bridgehead atoms. The van der Waals surface area contributed by atoms with E-state index in [4.69, 9.17) is 4.98 Å². The minimum absolute atomic E-state index is 0.240. The highest BCUT2D eigenvalue weighted by Crippen LogP contribution is 2.42. The second-order valence-electron chi connectivity index (χ2n) is 11.0. The molecule has 38 heavy (non-hydrogen) atoms. The maximum atomic E-state index is 4.72. The third-order valence-corrected chi connectivity index (χ3v) is 7.42. The summed E-state index contributed by atoms with van der Waals surface area (Å²) in [6.45, 7) is 17.1. The van der Waals surface area contributed by atoms with E-state index in [1.807, 2.05) is 38.5 Å². The van der Waals surface area contributed by atoms with Crippen molar-refractivity contribution in [3.63, 3.8) is 0 Å². The lowest BCUT2D eigenvalue weighted by Crippen LogP contribution is -2.44. The zero-order valence-corrected chi connectivity index (χ0v) is 23.3. The Morgan fingerprint density at radius 2 is 1.74 bits per heavy atom. The van der Waals surface area contributed by atoms with Gasteiger partial charge in [-0.25, -0.2) is 9.97 Å². The Kier molecular flexibility index (Phi) is 7.21. The molecule has 1 aliphatic carbocycles. The number of allylic oxidation sites excluding steroid dienone is 1. The highest BCUT2D eigenvalue weighted by atomic mass is 15.3. The van der Waals surface area contributed by atoms with Gasteiger partial charge in [-0.3, -0.25) is 0 Å². The third-order valence-electron chi connectivity index (χ3n) is 7.42. The number of nitrogens with one attached hydrogen (secondary N) is 2. The summed E-state index contributed by atoms with van der Waals surface area (Å²) in [7, 11) is 2.16. The molecule has 1 saturated heterocycles. The van der Waals surface area contributed by atoms with Crippen LogP contribution in [0, 0.1) is 5.41 Å². The molecule has 0 unspecified atom stereocenters. The van der Waals surface area contributed by atoms with Crippen LogP contribution in [-0.2, 0) is 6.42 Å². The summed E-state index contributed by atoms with van der Waals surface area (Å²) in [5.74, 6) is 1.56. The van der Waals surface area contributed by atoms with Crippen LogP contribution in [-0.4, -0.2) is 58.1 Å². The number of likely N-dealkylation sites (N-methyl/N-ethyl adjacent to an activating group) is 1. The van der Waals surface area contributed by atoms with Gasteiger partial charge in [-0.2, -0.15) is 4.98 Å². The molecule has 2 aliphatic rings. The Morgan fingerprint density at radius 3 is 2.47 bits per heavy atom. The summed E-state index contributed by atoms with van der Waals surface area (Å²) in [5.41, 5.74) is 8.12. The quantitative estimate of drug-likeness (QED) is 0.326. The van der Waals surface area contributed by atoms with E-state index in [0.717, 1.165) is 67.1 Å². The monoisotopic (exact) mass is 509 g/mol. The number of H-pyrrole nitrogens is 1.